The molecule has 0 saturated carbocycles. The molecule has 0 aromatic carbocycles. The third-order valence-electron chi connectivity index (χ3n) is 4.04. The molecular weight excluding hydrogens is 252 g/mol. The van der Waals surface area contributed by atoms with Gasteiger partial charge in [-0.15, -0.1) is 0 Å². The third kappa shape index (κ3) is 5.41. The highest BCUT2D eigenvalue weighted by Gasteiger charge is 2.33. The van der Waals surface area contributed by atoms with Gasteiger partial charge in [0.15, 0.2) is 0 Å². The fourth-order valence-electron chi connectivity index (χ4n) is 2.68. The number of rotatable bonds is 7. The molecule has 1 fully saturated rings. The molecule has 4 heteroatoms. The van der Waals surface area contributed by atoms with Crippen LogP contribution in [-0.2, 0) is 9.53 Å². The van der Waals surface area contributed by atoms with E-state index in [0.29, 0.717) is 12.0 Å². The zero-order valence-corrected chi connectivity index (χ0v) is 13.7. The van der Waals surface area contributed by atoms with Gasteiger partial charge in [-0.05, 0) is 38.5 Å². The monoisotopic (exact) mass is 284 g/mol. The van der Waals surface area contributed by atoms with Crippen molar-refractivity contribution in [1.29, 1.82) is 0 Å². The number of amides is 1. The summed E-state index contributed by atoms with van der Waals surface area (Å²) in [6.45, 7) is 10.7. The van der Waals surface area contributed by atoms with E-state index < -0.39 is 5.54 Å². The summed E-state index contributed by atoms with van der Waals surface area (Å²) in [6, 6.07) is 0. The molecule has 0 spiro atoms. The zero-order chi connectivity index (χ0) is 15.2. The summed E-state index contributed by atoms with van der Waals surface area (Å²) in [4.78, 5) is 14.3. The van der Waals surface area contributed by atoms with Crippen molar-refractivity contribution in [2.45, 2.75) is 71.4 Å². The van der Waals surface area contributed by atoms with Crippen molar-refractivity contribution in [3.63, 3.8) is 0 Å². The average Bonchev–Trinajstić information content (AvgIpc) is 2.38. The third-order valence-corrected chi connectivity index (χ3v) is 4.04. The fourth-order valence-corrected chi connectivity index (χ4v) is 2.68. The van der Waals surface area contributed by atoms with E-state index in [0.717, 1.165) is 51.8 Å². The second-order valence-corrected chi connectivity index (χ2v) is 6.71. The van der Waals surface area contributed by atoms with Gasteiger partial charge < -0.3 is 15.4 Å². The molecule has 0 aliphatic carbocycles. The van der Waals surface area contributed by atoms with Gasteiger partial charge in [0.1, 0.15) is 0 Å². The Bertz CT molecular complexity index is 295. The van der Waals surface area contributed by atoms with Crippen molar-refractivity contribution in [1.82, 2.24) is 4.90 Å². The van der Waals surface area contributed by atoms with E-state index in [4.69, 9.17) is 10.5 Å². The largest absolute Gasteiger partial charge is 0.378 e. The second kappa shape index (κ2) is 7.99. The molecule has 1 heterocycles. The van der Waals surface area contributed by atoms with Gasteiger partial charge in [0, 0.05) is 19.7 Å². The minimum absolute atomic E-state index is 0.0972. The number of hydrogen-bond acceptors (Lipinski definition) is 3. The smallest absolute Gasteiger partial charge is 0.242 e. The molecule has 4 nitrogen and oxygen atoms in total. The fraction of sp³-hybridized carbons (Fsp3) is 0.938. The number of nitrogens with two attached hydrogens (primary N) is 1. The van der Waals surface area contributed by atoms with E-state index in [9.17, 15) is 4.79 Å². The average molecular weight is 284 g/mol. The van der Waals surface area contributed by atoms with Gasteiger partial charge in [-0.2, -0.15) is 0 Å². The first kappa shape index (κ1) is 17.4. The molecule has 118 valence electrons. The number of carbonyl (C=O) groups excluding carboxylic acids is 1. The second-order valence-electron chi connectivity index (χ2n) is 6.71. The van der Waals surface area contributed by atoms with Gasteiger partial charge in [-0.25, -0.2) is 0 Å². The van der Waals surface area contributed by atoms with Crippen LogP contribution in [0.3, 0.4) is 0 Å². The standard InChI is InChI=1S/C16H32N2O2/c1-5-9-16(4,17)15(19)18-10-6-14(7-11-18)20-12-8-13(2)3/h13-14H,5-12,17H2,1-4H3. The number of carbonyl (C=O) groups is 1. The lowest BCUT2D eigenvalue weighted by Gasteiger charge is -2.36. The molecule has 0 bridgehead atoms. The highest BCUT2D eigenvalue weighted by molar-refractivity contribution is 5.85. The SMILES string of the molecule is CCCC(C)(N)C(=O)N1CCC(OCCC(C)C)CC1. The van der Waals surface area contributed by atoms with Crippen LogP contribution in [-0.4, -0.2) is 42.1 Å². The first-order valence-electron chi connectivity index (χ1n) is 8.06. The normalized spacial score (nSPS) is 20.2. The van der Waals surface area contributed by atoms with E-state index in [1.807, 2.05) is 11.8 Å². The topological polar surface area (TPSA) is 55.6 Å². The molecule has 1 saturated heterocycles. The van der Waals surface area contributed by atoms with Gasteiger partial charge in [0.05, 0.1) is 11.6 Å². The summed E-state index contributed by atoms with van der Waals surface area (Å²) >= 11 is 0. The Hall–Kier alpha value is -0.610. The molecule has 1 unspecified atom stereocenters. The highest BCUT2D eigenvalue weighted by atomic mass is 16.5. The lowest BCUT2D eigenvalue weighted by molar-refractivity contribution is -0.139. The van der Waals surface area contributed by atoms with Crippen molar-refractivity contribution in [3.8, 4) is 0 Å². The molecule has 0 aromatic heterocycles. The summed E-state index contributed by atoms with van der Waals surface area (Å²) in [7, 11) is 0. The lowest BCUT2D eigenvalue weighted by Crippen LogP contribution is -2.55. The molecule has 20 heavy (non-hydrogen) atoms. The molecule has 2 N–H and O–H groups in total. The summed E-state index contributed by atoms with van der Waals surface area (Å²) in [5, 5.41) is 0. The van der Waals surface area contributed by atoms with Crippen LogP contribution in [0, 0.1) is 5.92 Å². The van der Waals surface area contributed by atoms with Crippen LogP contribution in [0.15, 0.2) is 0 Å². The summed E-state index contributed by atoms with van der Waals surface area (Å²) in [5.74, 6) is 0.781. The predicted molar refractivity (Wildman–Crippen MR) is 82.5 cm³/mol. The van der Waals surface area contributed by atoms with E-state index in [1.165, 1.54) is 0 Å². The number of likely N-dealkylation sites (tertiary alicyclic amines) is 1. The minimum Gasteiger partial charge on any atom is -0.378 e. The van der Waals surface area contributed by atoms with E-state index in [1.54, 1.807) is 0 Å². The summed E-state index contributed by atoms with van der Waals surface area (Å²) < 4.78 is 5.89. The Kier molecular flexibility index (Phi) is 6.96. The van der Waals surface area contributed by atoms with Crippen molar-refractivity contribution >= 4 is 5.91 Å². The van der Waals surface area contributed by atoms with Crippen molar-refractivity contribution in [2.24, 2.45) is 11.7 Å². The first-order chi connectivity index (χ1) is 9.36. The number of piperidine rings is 1. The van der Waals surface area contributed by atoms with Gasteiger partial charge in [-0.3, -0.25) is 4.79 Å². The van der Waals surface area contributed by atoms with Crippen LogP contribution in [0.25, 0.3) is 0 Å². The van der Waals surface area contributed by atoms with E-state index in [-0.39, 0.29) is 5.91 Å². The minimum atomic E-state index is -0.708. The maximum absolute atomic E-state index is 12.4. The van der Waals surface area contributed by atoms with Crippen molar-refractivity contribution in [2.75, 3.05) is 19.7 Å². The number of hydrogen-bond donors (Lipinski definition) is 1. The van der Waals surface area contributed by atoms with Gasteiger partial charge in [-0.1, -0.05) is 27.2 Å². The Morgan fingerprint density at radius 3 is 2.50 bits per heavy atom. The van der Waals surface area contributed by atoms with Crippen LogP contribution in [0.2, 0.25) is 0 Å². The van der Waals surface area contributed by atoms with Gasteiger partial charge in [0.25, 0.3) is 0 Å². The Morgan fingerprint density at radius 2 is 2.00 bits per heavy atom. The molecule has 1 aliphatic rings. The van der Waals surface area contributed by atoms with Crippen LogP contribution >= 0.6 is 0 Å². The van der Waals surface area contributed by atoms with E-state index >= 15 is 0 Å². The van der Waals surface area contributed by atoms with Crippen molar-refractivity contribution in [3.05, 3.63) is 0 Å². The van der Waals surface area contributed by atoms with E-state index in [2.05, 4.69) is 20.8 Å². The Morgan fingerprint density at radius 1 is 1.40 bits per heavy atom. The first-order valence-corrected chi connectivity index (χ1v) is 8.06. The number of nitrogens with zero attached hydrogens (tertiary/aromatic N) is 1. The zero-order valence-electron chi connectivity index (χ0n) is 13.7. The summed E-state index contributed by atoms with van der Waals surface area (Å²) in [5.41, 5.74) is 5.42. The maximum Gasteiger partial charge on any atom is 0.242 e. The molecule has 1 rings (SSSR count). The van der Waals surface area contributed by atoms with Crippen molar-refractivity contribution < 1.29 is 9.53 Å². The predicted octanol–water partition coefficient (Wildman–Crippen LogP) is 2.56. The lowest BCUT2D eigenvalue weighted by atomic mass is 9.94. The van der Waals surface area contributed by atoms with Crippen LogP contribution in [0.5, 0.6) is 0 Å². The quantitative estimate of drug-likeness (QED) is 0.781. The molecule has 1 aliphatic heterocycles. The molecule has 0 aromatic rings. The Labute approximate surface area is 124 Å². The molecule has 1 amide bonds. The van der Waals surface area contributed by atoms with Gasteiger partial charge >= 0.3 is 0 Å². The summed E-state index contributed by atoms with van der Waals surface area (Å²) in [6.07, 6.45) is 4.98. The van der Waals surface area contributed by atoms with Crippen LogP contribution < -0.4 is 5.73 Å². The molecule has 0 radical (unpaired) electrons. The number of ether oxygens (including phenoxy) is 1. The molecular formula is C16H32N2O2. The highest BCUT2D eigenvalue weighted by Crippen LogP contribution is 2.19. The Balaban J connectivity index is 2.33. The molecule has 1 atom stereocenters. The van der Waals surface area contributed by atoms with Crippen LogP contribution in [0.4, 0.5) is 0 Å². The van der Waals surface area contributed by atoms with Crippen LogP contribution in [0.1, 0.15) is 59.8 Å². The van der Waals surface area contributed by atoms with Gasteiger partial charge in [0.2, 0.25) is 5.91 Å². The maximum atomic E-state index is 12.4.